The molecule has 2 unspecified atom stereocenters. The molecular formula is C11H19N3O2. The highest BCUT2D eigenvalue weighted by Crippen LogP contribution is 2.08. The van der Waals surface area contributed by atoms with E-state index in [9.17, 15) is 0 Å². The van der Waals surface area contributed by atoms with E-state index in [0.29, 0.717) is 12.1 Å². The first kappa shape index (κ1) is 11.6. The van der Waals surface area contributed by atoms with Crippen LogP contribution in [-0.4, -0.2) is 37.5 Å². The van der Waals surface area contributed by atoms with Crippen molar-refractivity contribution in [2.45, 2.75) is 32.0 Å². The molecule has 0 saturated carbocycles. The highest BCUT2D eigenvalue weighted by molar-refractivity contribution is 5.02. The zero-order chi connectivity index (χ0) is 11.4. The topological polar surface area (TPSA) is 59.3 Å². The molecule has 90 valence electrons. The van der Waals surface area contributed by atoms with Gasteiger partial charge in [-0.1, -0.05) is 5.16 Å². The Morgan fingerprint density at radius 1 is 1.69 bits per heavy atom. The molecule has 2 atom stereocenters. The summed E-state index contributed by atoms with van der Waals surface area (Å²) in [5.74, 6) is 0.888. The van der Waals surface area contributed by atoms with Gasteiger partial charge in [0.1, 0.15) is 0 Å². The molecule has 1 saturated heterocycles. The van der Waals surface area contributed by atoms with Gasteiger partial charge in [-0.3, -0.25) is 0 Å². The second-order valence-corrected chi connectivity index (χ2v) is 4.26. The second-order valence-electron chi connectivity index (χ2n) is 4.26. The van der Waals surface area contributed by atoms with E-state index >= 15 is 0 Å². The lowest BCUT2D eigenvalue weighted by atomic mass is 10.2. The van der Waals surface area contributed by atoms with E-state index in [-0.39, 0.29) is 0 Å². The van der Waals surface area contributed by atoms with E-state index < -0.39 is 0 Å². The summed E-state index contributed by atoms with van der Waals surface area (Å²) in [6.45, 7) is 4.54. The lowest BCUT2D eigenvalue weighted by Gasteiger charge is -2.10. The van der Waals surface area contributed by atoms with Crippen LogP contribution >= 0.6 is 0 Å². The summed E-state index contributed by atoms with van der Waals surface area (Å²) >= 11 is 0. The van der Waals surface area contributed by atoms with Gasteiger partial charge in [0, 0.05) is 32.3 Å². The SMILES string of the molecule is COC1CNC(CNCc2cc(C)no2)C1. The Bertz CT molecular complexity index is 327. The zero-order valence-electron chi connectivity index (χ0n) is 9.82. The first-order chi connectivity index (χ1) is 7.78. The summed E-state index contributed by atoms with van der Waals surface area (Å²) in [5, 5.41) is 10.6. The number of aryl methyl sites for hydroxylation is 1. The Hall–Kier alpha value is -0.910. The minimum absolute atomic E-state index is 0.360. The Balaban J connectivity index is 1.65. The van der Waals surface area contributed by atoms with E-state index in [0.717, 1.165) is 37.5 Å². The maximum absolute atomic E-state index is 5.29. The van der Waals surface area contributed by atoms with Gasteiger partial charge in [-0.2, -0.15) is 0 Å². The smallest absolute Gasteiger partial charge is 0.150 e. The highest BCUT2D eigenvalue weighted by Gasteiger charge is 2.22. The molecule has 2 rings (SSSR count). The summed E-state index contributed by atoms with van der Waals surface area (Å²) in [6, 6.07) is 2.45. The van der Waals surface area contributed by atoms with E-state index in [1.807, 2.05) is 13.0 Å². The minimum Gasteiger partial charge on any atom is -0.380 e. The molecule has 2 N–H and O–H groups in total. The van der Waals surface area contributed by atoms with Crippen LogP contribution in [0.5, 0.6) is 0 Å². The number of ether oxygens (including phenoxy) is 1. The standard InChI is InChI=1S/C11H19N3O2/c1-8-3-11(16-14-8)6-12-5-9-4-10(15-2)7-13-9/h3,9-10,12-13H,4-7H2,1-2H3. The predicted molar refractivity (Wildman–Crippen MR) is 60.2 cm³/mol. The van der Waals surface area contributed by atoms with Gasteiger partial charge in [0.05, 0.1) is 18.3 Å². The number of aromatic nitrogens is 1. The van der Waals surface area contributed by atoms with Gasteiger partial charge in [0.15, 0.2) is 5.76 Å². The van der Waals surface area contributed by atoms with Crippen LogP contribution < -0.4 is 10.6 Å². The number of hydrogen-bond donors (Lipinski definition) is 2. The van der Waals surface area contributed by atoms with Crippen LogP contribution in [0.3, 0.4) is 0 Å². The molecule has 0 bridgehead atoms. The van der Waals surface area contributed by atoms with Crippen LogP contribution in [0.15, 0.2) is 10.6 Å². The fourth-order valence-electron chi connectivity index (χ4n) is 1.99. The number of nitrogens with one attached hydrogen (secondary N) is 2. The van der Waals surface area contributed by atoms with Crippen molar-refractivity contribution in [1.82, 2.24) is 15.8 Å². The van der Waals surface area contributed by atoms with E-state index in [1.54, 1.807) is 7.11 Å². The van der Waals surface area contributed by atoms with Gasteiger partial charge in [0.25, 0.3) is 0 Å². The summed E-state index contributed by atoms with van der Waals surface area (Å²) < 4.78 is 10.4. The van der Waals surface area contributed by atoms with Crippen molar-refractivity contribution in [3.63, 3.8) is 0 Å². The van der Waals surface area contributed by atoms with Crippen molar-refractivity contribution in [3.8, 4) is 0 Å². The molecular weight excluding hydrogens is 206 g/mol. The van der Waals surface area contributed by atoms with E-state index in [4.69, 9.17) is 9.26 Å². The molecule has 0 radical (unpaired) electrons. The van der Waals surface area contributed by atoms with Gasteiger partial charge in [-0.05, 0) is 13.3 Å². The Morgan fingerprint density at radius 3 is 3.19 bits per heavy atom. The van der Waals surface area contributed by atoms with Crippen LogP contribution in [-0.2, 0) is 11.3 Å². The van der Waals surface area contributed by atoms with Gasteiger partial charge in [0.2, 0.25) is 0 Å². The quantitative estimate of drug-likeness (QED) is 0.762. The van der Waals surface area contributed by atoms with Crippen molar-refractivity contribution in [3.05, 3.63) is 17.5 Å². The molecule has 0 spiro atoms. The number of rotatable bonds is 5. The van der Waals surface area contributed by atoms with Gasteiger partial charge < -0.3 is 19.9 Å². The number of methoxy groups -OCH3 is 1. The largest absolute Gasteiger partial charge is 0.380 e. The molecule has 0 aromatic carbocycles. The first-order valence-electron chi connectivity index (χ1n) is 5.67. The van der Waals surface area contributed by atoms with Crippen molar-refractivity contribution < 1.29 is 9.26 Å². The van der Waals surface area contributed by atoms with E-state index in [2.05, 4.69) is 15.8 Å². The van der Waals surface area contributed by atoms with Crippen molar-refractivity contribution in [2.75, 3.05) is 20.2 Å². The summed E-state index contributed by atoms with van der Waals surface area (Å²) in [4.78, 5) is 0. The zero-order valence-corrected chi connectivity index (χ0v) is 9.82. The van der Waals surface area contributed by atoms with Crippen molar-refractivity contribution in [1.29, 1.82) is 0 Å². The maximum atomic E-state index is 5.29. The molecule has 0 aliphatic carbocycles. The summed E-state index contributed by atoms with van der Waals surface area (Å²) in [7, 11) is 1.76. The third-order valence-electron chi connectivity index (χ3n) is 2.88. The van der Waals surface area contributed by atoms with Crippen molar-refractivity contribution >= 4 is 0 Å². The van der Waals surface area contributed by atoms with Crippen molar-refractivity contribution in [2.24, 2.45) is 0 Å². The molecule has 5 heteroatoms. The molecule has 1 aromatic rings. The molecule has 2 heterocycles. The molecule has 1 aliphatic rings. The fraction of sp³-hybridized carbons (Fsp3) is 0.727. The Kier molecular flexibility index (Phi) is 3.93. The molecule has 1 fully saturated rings. The molecule has 5 nitrogen and oxygen atoms in total. The third kappa shape index (κ3) is 3.04. The normalized spacial score (nSPS) is 25.1. The van der Waals surface area contributed by atoms with Crippen LogP contribution in [0.4, 0.5) is 0 Å². The predicted octanol–water partition coefficient (Wildman–Crippen LogP) is 0.450. The van der Waals surface area contributed by atoms with Gasteiger partial charge in [-0.25, -0.2) is 0 Å². The third-order valence-corrected chi connectivity index (χ3v) is 2.88. The van der Waals surface area contributed by atoms with Gasteiger partial charge >= 0.3 is 0 Å². The monoisotopic (exact) mass is 225 g/mol. The van der Waals surface area contributed by atoms with Crippen LogP contribution in [0.2, 0.25) is 0 Å². The number of hydrogen-bond acceptors (Lipinski definition) is 5. The molecule has 1 aliphatic heterocycles. The average Bonchev–Trinajstić information content (AvgIpc) is 2.88. The summed E-state index contributed by atoms with van der Waals surface area (Å²) in [5.41, 5.74) is 0.926. The fourth-order valence-corrected chi connectivity index (χ4v) is 1.99. The van der Waals surface area contributed by atoms with Crippen LogP contribution in [0, 0.1) is 6.92 Å². The Morgan fingerprint density at radius 2 is 2.56 bits per heavy atom. The molecule has 0 amide bonds. The maximum Gasteiger partial charge on any atom is 0.150 e. The second kappa shape index (κ2) is 5.43. The Labute approximate surface area is 95.5 Å². The van der Waals surface area contributed by atoms with Crippen LogP contribution in [0.1, 0.15) is 17.9 Å². The first-order valence-corrected chi connectivity index (χ1v) is 5.67. The van der Waals surface area contributed by atoms with E-state index in [1.165, 1.54) is 0 Å². The summed E-state index contributed by atoms with van der Waals surface area (Å²) in [6.07, 6.45) is 1.43. The molecule has 16 heavy (non-hydrogen) atoms. The highest BCUT2D eigenvalue weighted by atomic mass is 16.5. The lowest BCUT2D eigenvalue weighted by Crippen LogP contribution is -2.33. The number of nitrogens with zero attached hydrogens (tertiary/aromatic N) is 1. The molecule has 1 aromatic heterocycles. The minimum atomic E-state index is 0.360. The average molecular weight is 225 g/mol. The van der Waals surface area contributed by atoms with Gasteiger partial charge in [-0.15, -0.1) is 0 Å². The van der Waals surface area contributed by atoms with Crippen LogP contribution in [0.25, 0.3) is 0 Å². The lowest BCUT2D eigenvalue weighted by molar-refractivity contribution is 0.117.